The first-order chi connectivity index (χ1) is 6.19. The van der Waals surface area contributed by atoms with Crippen molar-refractivity contribution in [1.29, 1.82) is 5.26 Å². The van der Waals surface area contributed by atoms with Gasteiger partial charge in [0.1, 0.15) is 6.54 Å². The summed E-state index contributed by atoms with van der Waals surface area (Å²) in [5.41, 5.74) is -0.276. The molecule has 1 amide bonds. The monoisotopic (exact) mass is 181 g/mol. The van der Waals surface area contributed by atoms with Crippen molar-refractivity contribution in [2.24, 2.45) is 5.41 Å². The van der Waals surface area contributed by atoms with Crippen LogP contribution < -0.4 is 10.6 Å². The van der Waals surface area contributed by atoms with Crippen LogP contribution in [0, 0.1) is 16.7 Å². The summed E-state index contributed by atoms with van der Waals surface area (Å²) in [4.78, 5) is 11.6. The van der Waals surface area contributed by atoms with E-state index in [9.17, 15) is 4.79 Å². The Morgan fingerprint density at radius 1 is 1.62 bits per heavy atom. The lowest BCUT2D eigenvalue weighted by atomic mass is 9.80. The first-order valence-corrected chi connectivity index (χ1v) is 4.55. The number of amides is 1. The van der Waals surface area contributed by atoms with Gasteiger partial charge in [0.15, 0.2) is 0 Å². The Morgan fingerprint density at radius 2 is 2.23 bits per heavy atom. The van der Waals surface area contributed by atoms with Gasteiger partial charge in [-0.1, -0.05) is 6.92 Å². The molecule has 0 bridgehead atoms. The van der Waals surface area contributed by atoms with Crippen LogP contribution in [0.2, 0.25) is 0 Å². The first-order valence-electron chi connectivity index (χ1n) is 4.55. The number of hydrogen-bond donors (Lipinski definition) is 2. The Kier molecular flexibility index (Phi) is 3.26. The van der Waals surface area contributed by atoms with Crippen LogP contribution in [0.3, 0.4) is 0 Å². The molecule has 4 heteroatoms. The van der Waals surface area contributed by atoms with E-state index in [4.69, 9.17) is 5.26 Å². The molecule has 0 aromatic carbocycles. The minimum atomic E-state index is -0.276. The van der Waals surface area contributed by atoms with Crippen molar-refractivity contribution in [3.63, 3.8) is 0 Å². The van der Waals surface area contributed by atoms with E-state index in [1.807, 2.05) is 13.0 Å². The van der Waals surface area contributed by atoms with Gasteiger partial charge < -0.3 is 10.6 Å². The SMILES string of the molecule is CC1(C(=O)NCC#N)CCNCC1. The highest BCUT2D eigenvalue weighted by Gasteiger charge is 2.33. The second-order valence-electron chi connectivity index (χ2n) is 3.65. The van der Waals surface area contributed by atoms with Crippen molar-refractivity contribution in [3.8, 4) is 6.07 Å². The molecule has 1 heterocycles. The molecule has 0 aromatic heterocycles. The third-order valence-electron chi connectivity index (χ3n) is 2.58. The molecule has 1 fully saturated rings. The van der Waals surface area contributed by atoms with Gasteiger partial charge in [0.2, 0.25) is 5.91 Å². The lowest BCUT2D eigenvalue weighted by Gasteiger charge is -2.32. The van der Waals surface area contributed by atoms with Gasteiger partial charge in [-0.05, 0) is 25.9 Å². The van der Waals surface area contributed by atoms with Gasteiger partial charge in [0, 0.05) is 5.41 Å². The van der Waals surface area contributed by atoms with Crippen molar-refractivity contribution >= 4 is 5.91 Å². The lowest BCUT2D eigenvalue weighted by Crippen LogP contribution is -2.45. The van der Waals surface area contributed by atoms with E-state index in [1.165, 1.54) is 0 Å². The largest absolute Gasteiger partial charge is 0.343 e. The fraction of sp³-hybridized carbons (Fsp3) is 0.778. The summed E-state index contributed by atoms with van der Waals surface area (Å²) < 4.78 is 0. The number of rotatable bonds is 2. The highest BCUT2D eigenvalue weighted by molar-refractivity contribution is 5.82. The van der Waals surface area contributed by atoms with E-state index in [-0.39, 0.29) is 17.9 Å². The smallest absolute Gasteiger partial charge is 0.226 e. The maximum absolute atomic E-state index is 11.6. The molecule has 0 atom stereocenters. The quantitative estimate of drug-likeness (QED) is 0.590. The van der Waals surface area contributed by atoms with E-state index in [0.717, 1.165) is 25.9 Å². The fourth-order valence-corrected chi connectivity index (χ4v) is 1.54. The second kappa shape index (κ2) is 4.24. The minimum absolute atomic E-state index is 0.00977. The molecule has 13 heavy (non-hydrogen) atoms. The molecule has 1 rings (SSSR count). The zero-order valence-corrected chi connectivity index (χ0v) is 7.89. The number of carbonyl (C=O) groups excluding carboxylic acids is 1. The summed E-state index contributed by atoms with van der Waals surface area (Å²) in [6.07, 6.45) is 1.70. The lowest BCUT2D eigenvalue weighted by molar-refractivity contribution is -0.131. The van der Waals surface area contributed by atoms with Crippen molar-refractivity contribution in [2.75, 3.05) is 19.6 Å². The maximum atomic E-state index is 11.6. The summed E-state index contributed by atoms with van der Waals surface area (Å²) in [6, 6.07) is 1.91. The Morgan fingerprint density at radius 3 is 2.77 bits per heavy atom. The summed E-state index contributed by atoms with van der Waals surface area (Å²) in [5, 5.41) is 14.1. The van der Waals surface area contributed by atoms with E-state index in [0.29, 0.717) is 0 Å². The highest BCUT2D eigenvalue weighted by atomic mass is 16.2. The predicted octanol–water partition coefficient (Wildman–Crippen LogP) is 0.0159. The van der Waals surface area contributed by atoms with E-state index in [2.05, 4.69) is 10.6 Å². The van der Waals surface area contributed by atoms with Crippen LogP contribution in [0.25, 0.3) is 0 Å². The molecule has 0 aromatic rings. The maximum Gasteiger partial charge on any atom is 0.226 e. The van der Waals surface area contributed by atoms with Gasteiger partial charge in [-0.3, -0.25) is 4.79 Å². The Balaban J connectivity index is 2.47. The Bertz CT molecular complexity index is 226. The number of hydrogen-bond acceptors (Lipinski definition) is 3. The summed E-state index contributed by atoms with van der Waals surface area (Å²) >= 11 is 0. The van der Waals surface area contributed by atoms with Crippen LogP contribution in [0.5, 0.6) is 0 Å². The van der Waals surface area contributed by atoms with Crippen LogP contribution in [-0.2, 0) is 4.79 Å². The Labute approximate surface area is 78.3 Å². The molecule has 0 radical (unpaired) electrons. The van der Waals surface area contributed by atoms with E-state index >= 15 is 0 Å². The van der Waals surface area contributed by atoms with Crippen LogP contribution in [0.1, 0.15) is 19.8 Å². The molecular weight excluding hydrogens is 166 g/mol. The average Bonchev–Trinajstić information content (AvgIpc) is 2.15. The minimum Gasteiger partial charge on any atom is -0.343 e. The van der Waals surface area contributed by atoms with Crippen molar-refractivity contribution in [3.05, 3.63) is 0 Å². The van der Waals surface area contributed by atoms with E-state index in [1.54, 1.807) is 0 Å². The van der Waals surface area contributed by atoms with Gasteiger partial charge in [-0.15, -0.1) is 0 Å². The fourth-order valence-electron chi connectivity index (χ4n) is 1.54. The molecule has 0 spiro atoms. The molecule has 0 saturated carbocycles. The molecule has 1 aliphatic rings. The third kappa shape index (κ3) is 2.43. The molecule has 1 saturated heterocycles. The molecule has 72 valence electrons. The number of nitriles is 1. The van der Waals surface area contributed by atoms with Gasteiger partial charge >= 0.3 is 0 Å². The van der Waals surface area contributed by atoms with Gasteiger partial charge in [-0.2, -0.15) is 5.26 Å². The topological polar surface area (TPSA) is 64.9 Å². The normalized spacial score (nSPS) is 20.3. The van der Waals surface area contributed by atoms with Gasteiger partial charge in [0.05, 0.1) is 6.07 Å². The zero-order valence-electron chi connectivity index (χ0n) is 7.89. The number of carbonyl (C=O) groups is 1. The van der Waals surface area contributed by atoms with Gasteiger partial charge in [-0.25, -0.2) is 0 Å². The number of nitrogens with one attached hydrogen (secondary N) is 2. The van der Waals surface area contributed by atoms with Crippen LogP contribution >= 0.6 is 0 Å². The summed E-state index contributed by atoms with van der Waals surface area (Å²) in [7, 11) is 0. The molecule has 1 aliphatic heterocycles. The van der Waals surface area contributed by atoms with Crippen molar-refractivity contribution in [2.45, 2.75) is 19.8 Å². The Hall–Kier alpha value is -1.08. The average molecular weight is 181 g/mol. The van der Waals surface area contributed by atoms with Crippen LogP contribution in [0.15, 0.2) is 0 Å². The summed E-state index contributed by atoms with van der Waals surface area (Å²) in [6.45, 7) is 3.84. The number of piperidine rings is 1. The summed E-state index contributed by atoms with van der Waals surface area (Å²) in [5.74, 6) is 0.00977. The molecule has 2 N–H and O–H groups in total. The van der Waals surface area contributed by atoms with Crippen molar-refractivity contribution in [1.82, 2.24) is 10.6 Å². The van der Waals surface area contributed by atoms with E-state index < -0.39 is 0 Å². The standard InChI is InChI=1S/C9H15N3O/c1-9(2-5-11-6-3-9)8(13)12-7-4-10/h11H,2-3,5-7H2,1H3,(H,12,13). The van der Waals surface area contributed by atoms with Crippen molar-refractivity contribution < 1.29 is 4.79 Å². The number of nitrogens with zero attached hydrogens (tertiary/aromatic N) is 1. The van der Waals surface area contributed by atoms with Crippen LogP contribution in [-0.4, -0.2) is 25.5 Å². The van der Waals surface area contributed by atoms with Gasteiger partial charge in [0.25, 0.3) is 0 Å². The first kappa shape index (κ1) is 10.0. The third-order valence-corrected chi connectivity index (χ3v) is 2.58. The molecule has 0 aliphatic carbocycles. The highest BCUT2D eigenvalue weighted by Crippen LogP contribution is 2.27. The van der Waals surface area contributed by atoms with Crippen LogP contribution in [0.4, 0.5) is 0 Å². The molecular formula is C9H15N3O. The molecule has 4 nitrogen and oxygen atoms in total. The molecule has 0 unspecified atom stereocenters. The zero-order chi connectivity index (χ0) is 9.73. The predicted molar refractivity (Wildman–Crippen MR) is 48.8 cm³/mol. The second-order valence-corrected chi connectivity index (χ2v) is 3.65.